The van der Waals surface area contributed by atoms with Crippen LogP contribution in [-0.2, 0) is 9.53 Å². The Morgan fingerprint density at radius 1 is 1.24 bits per heavy atom. The van der Waals surface area contributed by atoms with Crippen LogP contribution in [0.3, 0.4) is 0 Å². The van der Waals surface area contributed by atoms with Crippen LogP contribution in [0.25, 0.3) is 0 Å². The highest BCUT2D eigenvalue weighted by molar-refractivity contribution is 5.95. The van der Waals surface area contributed by atoms with Crippen molar-refractivity contribution in [3.8, 4) is 0 Å². The van der Waals surface area contributed by atoms with Crippen LogP contribution in [0.2, 0.25) is 0 Å². The zero-order valence-corrected chi connectivity index (χ0v) is 9.33. The molecule has 92 valence electrons. The van der Waals surface area contributed by atoms with E-state index in [-0.39, 0.29) is 12.2 Å². The maximum absolute atomic E-state index is 12.6. The minimum Gasteiger partial charge on any atom is -0.372 e. The van der Waals surface area contributed by atoms with Gasteiger partial charge in [0.05, 0.1) is 0 Å². The number of amides is 2. The molecule has 2 amide bonds. The minimum atomic E-state index is -0.519. The average molecular weight is 240 g/mol. The molecule has 1 aromatic rings. The van der Waals surface area contributed by atoms with Crippen LogP contribution in [0, 0.1) is 5.82 Å². The van der Waals surface area contributed by atoms with Crippen LogP contribution in [0.1, 0.15) is 17.3 Å². The standard InChI is InChI=1S/C11H13FN2O3/c1-2-17-7-10(15)13-14-11(16)8-3-5-9(12)6-4-8/h3-6H,2,7H2,1H3,(H,13,15)(H,14,16). The molecule has 0 aromatic heterocycles. The molecule has 0 atom stereocenters. The average Bonchev–Trinajstić information content (AvgIpc) is 2.34. The highest BCUT2D eigenvalue weighted by Crippen LogP contribution is 2.01. The monoisotopic (exact) mass is 240 g/mol. The van der Waals surface area contributed by atoms with E-state index in [0.717, 1.165) is 12.1 Å². The molecular weight excluding hydrogens is 227 g/mol. The second kappa shape index (κ2) is 6.59. The Bertz CT molecular complexity index is 392. The lowest BCUT2D eigenvalue weighted by Crippen LogP contribution is -2.43. The highest BCUT2D eigenvalue weighted by atomic mass is 19.1. The molecule has 0 bridgehead atoms. The molecule has 1 rings (SSSR count). The molecule has 17 heavy (non-hydrogen) atoms. The molecule has 0 aliphatic carbocycles. The van der Waals surface area contributed by atoms with Gasteiger partial charge in [-0.15, -0.1) is 0 Å². The van der Waals surface area contributed by atoms with Crippen molar-refractivity contribution in [3.63, 3.8) is 0 Å². The second-order valence-corrected chi connectivity index (χ2v) is 3.15. The SMILES string of the molecule is CCOCC(=O)NNC(=O)c1ccc(F)cc1. The van der Waals surface area contributed by atoms with Crippen molar-refractivity contribution in [2.24, 2.45) is 0 Å². The van der Waals surface area contributed by atoms with Gasteiger partial charge in [0.15, 0.2) is 0 Å². The minimum absolute atomic E-state index is 0.125. The van der Waals surface area contributed by atoms with Gasteiger partial charge in [-0.1, -0.05) is 0 Å². The fourth-order valence-electron chi connectivity index (χ4n) is 1.03. The number of halogens is 1. The van der Waals surface area contributed by atoms with Gasteiger partial charge < -0.3 is 4.74 Å². The van der Waals surface area contributed by atoms with E-state index in [1.807, 2.05) is 0 Å². The summed E-state index contributed by atoms with van der Waals surface area (Å²) in [6, 6.07) is 4.96. The van der Waals surface area contributed by atoms with E-state index in [4.69, 9.17) is 4.74 Å². The van der Waals surface area contributed by atoms with E-state index in [1.54, 1.807) is 6.92 Å². The number of nitrogens with one attached hydrogen (secondary N) is 2. The van der Waals surface area contributed by atoms with Gasteiger partial charge in [-0.25, -0.2) is 4.39 Å². The summed E-state index contributed by atoms with van der Waals surface area (Å²) in [5, 5.41) is 0. The smallest absolute Gasteiger partial charge is 0.269 e. The Morgan fingerprint density at radius 2 is 1.88 bits per heavy atom. The molecule has 1 aromatic carbocycles. The van der Waals surface area contributed by atoms with Crippen LogP contribution in [0.5, 0.6) is 0 Å². The number of hydrazine groups is 1. The third kappa shape index (κ3) is 4.60. The number of hydrogen-bond acceptors (Lipinski definition) is 3. The first-order valence-electron chi connectivity index (χ1n) is 5.06. The Hall–Kier alpha value is -1.95. The van der Waals surface area contributed by atoms with E-state index in [2.05, 4.69) is 10.9 Å². The zero-order chi connectivity index (χ0) is 12.7. The van der Waals surface area contributed by atoms with E-state index in [0.29, 0.717) is 6.61 Å². The van der Waals surface area contributed by atoms with Gasteiger partial charge in [-0.05, 0) is 31.2 Å². The lowest BCUT2D eigenvalue weighted by atomic mass is 10.2. The van der Waals surface area contributed by atoms with E-state index >= 15 is 0 Å². The lowest BCUT2D eigenvalue weighted by Gasteiger charge is -2.07. The molecule has 6 heteroatoms. The van der Waals surface area contributed by atoms with Gasteiger partial charge in [0.1, 0.15) is 12.4 Å². The van der Waals surface area contributed by atoms with Crippen LogP contribution in [-0.4, -0.2) is 25.0 Å². The van der Waals surface area contributed by atoms with Gasteiger partial charge >= 0.3 is 0 Å². The third-order valence-corrected chi connectivity index (χ3v) is 1.86. The number of carbonyl (C=O) groups excluding carboxylic acids is 2. The first-order chi connectivity index (χ1) is 8.13. The highest BCUT2D eigenvalue weighted by Gasteiger charge is 2.06. The van der Waals surface area contributed by atoms with Crippen molar-refractivity contribution < 1.29 is 18.7 Å². The van der Waals surface area contributed by atoms with Crippen LogP contribution in [0.4, 0.5) is 4.39 Å². The first kappa shape index (κ1) is 13.1. The number of ether oxygens (including phenoxy) is 1. The molecular formula is C11H13FN2O3. The summed E-state index contributed by atoms with van der Waals surface area (Å²) >= 11 is 0. The molecule has 0 fully saturated rings. The summed E-state index contributed by atoms with van der Waals surface area (Å²) in [4.78, 5) is 22.5. The van der Waals surface area contributed by atoms with Crippen molar-refractivity contribution in [2.75, 3.05) is 13.2 Å². The Balaban J connectivity index is 2.39. The fraction of sp³-hybridized carbons (Fsp3) is 0.273. The maximum atomic E-state index is 12.6. The van der Waals surface area contributed by atoms with Crippen molar-refractivity contribution in [3.05, 3.63) is 35.6 Å². The van der Waals surface area contributed by atoms with E-state index < -0.39 is 17.6 Å². The zero-order valence-electron chi connectivity index (χ0n) is 9.33. The van der Waals surface area contributed by atoms with Crippen LogP contribution in [0.15, 0.2) is 24.3 Å². The molecule has 0 saturated heterocycles. The predicted molar refractivity (Wildman–Crippen MR) is 58.5 cm³/mol. The van der Waals surface area contributed by atoms with E-state index in [1.165, 1.54) is 12.1 Å². The van der Waals surface area contributed by atoms with Gasteiger partial charge in [0.25, 0.3) is 11.8 Å². The summed E-state index contributed by atoms with van der Waals surface area (Å²) in [6.45, 7) is 2.05. The van der Waals surface area contributed by atoms with Crippen molar-refractivity contribution in [2.45, 2.75) is 6.92 Å². The third-order valence-electron chi connectivity index (χ3n) is 1.86. The Morgan fingerprint density at radius 3 is 2.47 bits per heavy atom. The summed E-state index contributed by atoms with van der Waals surface area (Å²) in [7, 11) is 0. The molecule has 0 aliphatic rings. The lowest BCUT2D eigenvalue weighted by molar-refractivity contribution is -0.126. The van der Waals surface area contributed by atoms with E-state index in [9.17, 15) is 14.0 Å². The Kier molecular flexibility index (Phi) is 5.09. The van der Waals surface area contributed by atoms with Crippen molar-refractivity contribution in [1.29, 1.82) is 0 Å². The largest absolute Gasteiger partial charge is 0.372 e. The predicted octanol–water partition coefficient (Wildman–Crippen LogP) is 0.623. The maximum Gasteiger partial charge on any atom is 0.269 e. The van der Waals surface area contributed by atoms with Gasteiger partial charge in [0, 0.05) is 12.2 Å². The summed E-state index contributed by atoms with van der Waals surface area (Å²) in [5.41, 5.74) is 4.61. The number of carbonyl (C=O) groups is 2. The summed E-state index contributed by atoms with van der Waals surface area (Å²) in [6.07, 6.45) is 0. The van der Waals surface area contributed by atoms with Gasteiger partial charge in [-0.2, -0.15) is 0 Å². The Labute approximate surface area is 97.9 Å². The number of rotatable bonds is 4. The molecule has 0 radical (unpaired) electrons. The summed E-state index contributed by atoms with van der Waals surface area (Å²) < 4.78 is 17.4. The number of benzene rings is 1. The topological polar surface area (TPSA) is 67.4 Å². The van der Waals surface area contributed by atoms with Crippen molar-refractivity contribution in [1.82, 2.24) is 10.9 Å². The summed E-state index contributed by atoms with van der Waals surface area (Å²) in [5.74, 6) is -1.40. The molecule has 5 nitrogen and oxygen atoms in total. The first-order valence-corrected chi connectivity index (χ1v) is 5.06. The molecule has 0 heterocycles. The molecule has 0 unspecified atom stereocenters. The normalized spacial score (nSPS) is 9.76. The molecule has 0 saturated carbocycles. The number of hydrogen-bond donors (Lipinski definition) is 2. The van der Waals surface area contributed by atoms with Crippen LogP contribution < -0.4 is 10.9 Å². The second-order valence-electron chi connectivity index (χ2n) is 3.15. The molecule has 0 aliphatic heterocycles. The fourth-order valence-corrected chi connectivity index (χ4v) is 1.03. The van der Waals surface area contributed by atoms with Crippen LogP contribution >= 0.6 is 0 Å². The van der Waals surface area contributed by atoms with Crippen molar-refractivity contribution >= 4 is 11.8 Å². The molecule has 0 spiro atoms. The quantitative estimate of drug-likeness (QED) is 0.758. The van der Waals surface area contributed by atoms with Gasteiger partial charge in [0.2, 0.25) is 0 Å². The van der Waals surface area contributed by atoms with Gasteiger partial charge in [-0.3, -0.25) is 20.4 Å². The molecule has 2 N–H and O–H groups in total.